The van der Waals surface area contributed by atoms with Crippen LogP contribution in [0.1, 0.15) is 29.8 Å². The summed E-state index contributed by atoms with van der Waals surface area (Å²) in [7, 11) is -2.45. The Morgan fingerprint density at radius 3 is 2.26 bits per heavy atom. The smallest absolute Gasteiger partial charge is 0.337 e. The molecule has 9 nitrogen and oxygen atoms in total. The summed E-state index contributed by atoms with van der Waals surface area (Å²) in [6.45, 7) is 3.79. The molecule has 0 spiro atoms. The molecule has 1 N–H and O–H groups in total. The van der Waals surface area contributed by atoms with Crippen molar-refractivity contribution in [3.63, 3.8) is 0 Å². The number of nitrogens with one attached hydrogen (secondary N) is 1. The highest BCUT2D eigenvalue weighted by Gasteiger charge is 2.29. The Labute approximate surface area is 181 Å². The van der Waals surface area contributed by atoms with Crippen molar-refractivity contribution in [2.24, 2.45) is 5.10 Å². The Morgan fingerprint density at radius 1 is 1.13 bits per heavy atom. The monoisotopic (exact) mass is 447 g/mol. The van der Waals surface area contributed by atoms with E-state index < -0.39 is 27.9 Å². The van der Waals surface area contributed by atoms with Crippen molar-refractivity contribution in [1.29, 1.82) is 0 Å². The maximum atomic E-state index is 12.5. The standard InChI is InChI=1S/C21H25N3O6S/c1-5-30-19-12-10-18(11-13-19)24(31(4,27)28)15(2)20(25)23-22-14-16-6-8-17(9-7-16)21(26)29-3/h6-15H,5H2,1-4H3,(H,23,25)/b22-14-/t15-/m1/s1. The minimum absolute atomic E-state index is 0.330. The molecule has 0 bridgehead atoms. The molecule has 2 aromatic rings. The third kappa shape index (κ3) is 6.54. The largest absolute Gasteiger partial charge is 0.494 e. The van der Waals surface area contributed by atoms with Crippen LogP contribution in [0.3, 0.4) is 0 Å². The van der Waals surface area contributed by atoms with Crippen molar-refractivity contribution in [1.82, 2.24) is 5.43 Å². The molecule has 2 rings (SSSR count). The van der Waals surface area contributed by atoms with E-state index in [0.29, 0.717) is 29.2 Å². The molecular formula is C21H25N3O6S. The molecule has 166 valence electrons. The van der Waals surface area contributed by atoms with Gasteiger partial charge < -0.3 is 9.47 Å². The van der Waals surface area contributed by atoms with Crippen LogP contribution in [0.5, 0.6) is 5.75 Å². The predicted molar refractivity (Wildman–Crippen MR) is 118 cm³/mol. The first kappa shape index (κ1) is 23.9. The maximum Gasteiger partial charge on any atom is 0.337 e. The number of esters is 1. The quantitative estimate of drug-likeness (QED) is 0.358. The molecule has 0 unspecified atom stereocenters. The highest BCUT2D eigenvalue weighted by atomic mass is 32.2. The molecule has 0 aliphatic heterocycles. The van der Waals surface area contributed by atoms with Gasteiger partial charge in [-0.15, -0.1) is 0 Å². The number of ether oxygens (including phenoxy) is 2. The number of benzene rings is 2. The molecule has 0 heterocycles. The summed E-state index contributed by atoms with van der Waals surface area (Å²) < 4.78 is 35.7. The first-order valence-corrected chi connectivity index (χ1v) is 11.3. The number of hydrogen-bond acceptors (Lipinski definition) is 7. The summed E-state index contributed by atoms with van der Waals surface area (Å²) in [5, 5.41) is 3.87. The van der Waals surface area contributed by atoms with Crippen molar-refractivity contribution >= 4 is 33.8 Å². The molecule has 0 aliphatic rings. The number of sulfonamides is 1. The van der Waals surface area contributed by atoms with E-state index in [-0.39, 0.29) is 0 Å². The summed E-state index contributed by atoms with van der Waals surface area (Å²) >= 11 is 0. The van der Waals surface area contributed by atoms with Gasteiger partial charge in [0.2, 0.25) is 10.0 Å². The third-order valence-corrected chi connectivity index (χ3v) is 5.45. The Bertz CT molecular complexity index is 1030. The molecule has 2 aromatic carbocycles. The van der Waals surface area contributed by atoms with Gasteiger partial charge in [-0.3, -0.25) is 9.10 Å². The molecular weight excluding hydrogens is 422 g/mol. The van der Waals surface area contributed by atoms with Crippen molar-refractivity contribution in [3.05, 3.63) is 59.7 Å². The van der Waals surface area contributed by atoms with Crippen LogP contribution in [0.25, 0.3) is 0 Å². The van der Waals surface area contributed by atoms with Crippen LogP contribution in [0.15, 0.2) is 53.6 Å². The van der Waals surface area contributed by atoms with E-state index in [2.05, 4.69) is 15.3 Å². The van der Waals surface area contributed by atoms with E-state index in [0.717, 1.165) is 10.6 Å². The molecule has 1 amide bonds. The highest BCUT2D eigenvalue weighted by Crippen LogP contribution is 2.24. The lowest BCUT2D eigenvalue weighted by Gasteiger charge is -2.27. The van der Waals surface area contributed by atoms with E-state index in [1.54, 1.807) is 48.5 Å². The lowest BCUT2D eigenvalue weighted by Crippen LogP contribution is -2.46. The lowest BCUT2D eigenvalue weighted by molar-refractivity contribution is -0.121. The van der Waals surface area contributed by atoms with Gasteiger partial charge in [0.15, 0.2) is 0 Å². The zero-order chi connectivity index (χ0) is 23.0. The van der Waals surface area contributed by atoms with Gasteiger partial charge in [-0.05, 0) is 55.8 Å². The van der Waals surface area contributed by atoms with Crippen LogP contribution in [-0.2, 0) is 19.6 Å². The second kappa shape index (κ2) is 10.6. The number of anilines is 1. The van der Waals surface area contributed by atoms with Crippen LogP contribution in [0.2, 0.25) is 0 Å². The molecule has 0 aliphatic carbocycles. The average Bonchev–Trinajstić information content (AvgIpc) is 2.74. The van der Waals surface area contributed by atoms with E-state index >= 15 is 0 Å². The van der Waals surface area contributed by atoms with Gasteiger partial charge in [-0.25, -0.2) is 18.6 Å². The second-order valence-corrected chi connectivity index (χ2v) is 8.37. The van der Waals surface area contributed by atoms with Crippen LogP contribution in [-0.4, -0.2) is 52.5 Å². The van der Waals surface area contributed by atoms with E-state index in [1.165, 1.54) is 20.2 Å². The van der Waals surface area contributed by atoms with Crippen LogP contribution in [0, 0.1) is 0 Å². The van der Waals surface area contributed by atoms with Crippen molar-refractivity contribution in [2.45, 2.75) is 19.9 Å². The number of nitrogens with zero attached hydrogens (tertiary/aromatic N) is 2. The highest BCUT2D eigenvalue weighted by molar-refractivity contribution is 7.92. The Kier molecular flexibility index (Phi) is 8.14. The maximum absolute atomic E-state index is 12.5. The molecule has 10 heteroatoms. The zero-order valence-corrected chi connectivity index (χ0v) is 18.5. The van der Waals surface area contributed by atoms with Crippen molar-refractivity contribution in [2.75, 3.05) is 24.3 Å². The average molecular weight is 448 g/mol. The summed E-state index contributed by atoms with van der Waals surface area (Å²) in [4.78, 5) is 24.0. The van der Waals surface area contributed by atoms with Crippen molar-refractivity contribution < 1.29 is 27.5 Å². The first-order chi connectivity index (χ1) is 14.7. The van der Waals surface area contributed by atoms with Gasteiger partial charge in [0.1, 0.15) is 11.8 Å². The fourth-order valence-corrected chi connectivity index (χ4v) is 3.93. The van der Waals surface area contributed by atoms with Crippen LogP contribution < -0.4 is 14.5 Å². The lowest BCUT2D eigenvalue weighted by atomic mass is 10.1. The topological polar surface area (TPSA) is 114 Å². The Balaban J connectivity index is 2.11. The molecule has 0 aromatic heterocycles. The van der Waals surface area contributed by atoms with Gasteiger partial charge in [0.05, 0.1) is 37.4 Å². The number of hydrazone groups is 1. The minimum atomic E-state index is -3.74. The predicted octanol–water partition coefficient (Wildman–Crippen LogP) is 2.18. The zero-order valence-electron chi connectivity index (χ0n) is 17.7. The Hall–Kier alpha value is -3.40. The van der Waals surface area contributed by atoms with Gasteiger partial charge in [-0.2, -0.15) is 5.10 Å². The van der Waals surface area contributed by atoms with Crippen LogP contribution >= 0.6 is 0 Å². The summed E-state index contributed by atoms with van der Waals surface area (Å²) in [6, 6.07) is 11.8. The number of hydrogen-bond donors (Lipinski definition) is 1. The molecule has 0 fully saturated rings. The molecule has 0 saturated heterocycles. The number of amides is 1. The number of methoxy groups -OCH3 is 1. The number of carbonyl (C=O) groups excluding carboxylic acids is 2. The minimum Gasteiger partial charge on any atom is -0.494 e. The van der Waals surface area contributed by atoms with E-state index in [4.69, 9.17) is 4.74 Å². The van der Waals surface area contributed by atoms with E-state index in [1.807, 2.05) is 6.92 Å². The first-order valence-electron chi connectivity index (χ1n) is 9.41. The molecule has 31 heavy (non-hydrogen) atoms. The molecule has 1 atom stereocenters. The fourth-order valence-electron chi connectivity index (χ4n) is 2.75. The number of carbonyl (C=O) groups is 2. The summed E-state index contributed by atoms with van der Waals surface area (Å²) in [6.07, 6.45) is 2.41. The summed E-state index contributed by atoms with van der Waals surface area (Å²) in [5.41, 5.74) is 3.69. The normalized spacial score (nSPS) is 12.3. The number of rotatable bonds is 9. The van der Waals surface area contributed by atoms with Gasteiger partial charge in [0, 0.05) is 0 Å². The second-order valence-electron chi connectivity index (χ2n) is 6.51. The summed E-state index contributed by atoms with van der Waals surface area (Å²) in [5.74, 6) is -0.470. The Morgan fingerprint density at radius 2 is 1.74 bits per heavy atom. The van der Waals surface area contributed by atoms with Gasteiger partial charge in [-0.1, -0.05) is 12.1 Å². The van der Waals surface area contributed by atoms with Gasteiger partial charge >= 0.3 is 5.97 Å². The molecule has 0 radical (unpaired) electrons. The third-order valence-electron chi connectivity index (χ3n) is 4.21. The van der Waals surface area contributed by atoms with Crippen LogP contribution in [0.4, 0.5) is 5.69 Å². The van der Waals surface area contributed by atoms with Crippen molar-refractivity contribution in [3.8, 4) is 5.75 Å². The molecule has 0 saturated carbocycles. The van der Waals surface area contributed by atoms with E-state index in [9.17, 15) is 18.0 Å². The fraction of sp³-hybridized carbons (Fsp3) is 0.286. The SMILES string of the molecule is CCOc1ccc(N([C@H](C)C(=O)N/N=C\c2ccc(C(=O)OC)cc2)S(C)(=O)=O)cc1. The van der Waals surface area contributed by atoms with Gasteiger partial charge in [0.25, 0.3) is 5.91 Å².